The molecule has 0 spiro atoms. The van der Waals surface area contributed by atoms with Crippen LogP contribution in [0.25, 0.3) is 11.3 Å². The first-order chi connectivity index (χ1) is 8.11. The quantitative estimate of drug-likeness (QED) is 0.841. The van der Waals surface area contributed by atoms with Gasteiger partial charge in [0.2, 0.25) is 0 Å². The topological polar surface area (TPSA) is 81.0 Å². The molecule has 1 aromatic heterocycles. The number of amides is 1. The molecule has 0 aliphatic rings. The van der Waals surface area contributed by atoms with Crippen molar-refractivity contribution in [3.8, 4) is 17.0 Å². The number of halogens is 1. The Hall–Kier alpha value is -2.37. The van der Waals surface area contributed by atoms with Crippen LogP contribution in [0, 0.1) is 5.82 Å². The van der Waals surface area contributed by atoms with Gasteiger partial charge >= 0.3 is 0 Å². The number of benzene rings is 1. The van der Waals surface area contributed by atoms with Gasteiger partial charge in [0.05, 0.1) is 12.8 Å². The van der Waals surface area contributed by atoms with Gasteiger partial charge in [-0.05, 0) is 24.3 Å². The summed E-state index contributed by atoms with van der Waals surface area (Å²) in [6.07, 6.45) is 0. The summed E-state index contributed by atoms with van der Waals surface area (Å²) >= 11 is 0. The summed E-state index contributed by atoms with van der Waals surface area (Å²) in [7, 11) is 1.39. The fourth-order valence-electron chi connectivity index (χ4n) is 1.42. The molecule has 1 amide bonds. The SMILES string of the molecule is COc1ccc(-c2cc(C(N)=O)[nH]n2)cc1F. The second-order valence-electron chi connectivity index (χ2n) is 3.38. The van der Waals surface area contributed by atoms with Gasteiger partial charge in [0, 0.05) is 5.56 Å². The highest BCUT2D eigenvalue weighted by Gasteiger charge is 2.10. The van der Waals surface area contributed by atoms with Crippen molar-refractivity contribution in [2.45, 2.75) is 0 Å². The molecule has 1 heterocycles. The van der Waals surface area contributed by atoms with Crippen molar-refractivity contribution in [2.24, 2.45) is 5.73 Å². The first kappa shape index (κ1) is 11.1. The second kappa shape index (κ2) is 4.25. The van der Waals surface area contributed by atoms with E-state index < -0.39 is 11.7 Å². The van der Waals surface area contributed by atoms with E-state index in [0.717, 1.165) is 0 Å². The van der Waals surface area contributed by atoms with Gasteiger partial charge in [-0.25, -0.2) is 4.39 Å². The van der Waals surface area contributed by atoms with Gasteiger partial charge < -0.3 is 10.5 Å². The van der Waals surface area contributed by atoms with Gasteiger partial charge in [-0.15, -0.1) is 0 Å². The number of primary amides is 1. The number of carbonyl (C=O) groups excluding carboxylic acids is 1. The lowest BCUT2D eigenvalue weighted by Crippen LogP contribution is -2.10. The van der Waals surface area contributed by atoms with E-state index in [2.05, 4.69) is 10.2 Å². The van der Waals surface area contributed by atoms with Gasteiger partial charge in [-0.3, -0.25) is 9.89 Å². The molecule has 0 fully saturated rings. The zero-order valence-electron chi connectivity index (χ0n) is 9.03. The van der Waals surface area contributed by atoms with E-state index in [1.807, 2.05) is 0 Å². The Morgan fingerprint density at radius 2 is 2.24 bits per heavy atom. The normalized spacial score (nSPS) is 10.2. The molecule has 0 radical (unpaired) electrons. The van der Waals surface area contributed by atoms with E-state index in [-0.39, 0.29) is 11.4 Å². The summed E-state index contributed by atoms with van der Waals surface area (Å²) in [5.41, 5.74) is 6.23. The van der Waals surface area contributed by atoms with Crippen LogP contribution in [-0.4, -0.2) is 23.2 Å². The van der Waals surface area contributed by atoms with Crippen molar-refractivity contribution in [3.05, 3.63) is 35.8 Å². The number of aromatic nitrogens is 2. The highest BCUT2D eigenvalue weighted by atomic mass is 19.1. The van der Waals surface area contributed by atoms with E-state index in [4.69, 9.17) is 10.5 Å². The summed E-state index contributed by atoms with van der Waals surface area (Å²) in [6.45, 7) is 0. The summed E-state index contributed by atoms with van der Waals surface area (Å²) < 4.78 is 18.2. The highest BCUT2D eigenvalue weighted by Crippen LogP contribution is 2.24. The number of nitrogens with zero attached hydrogens (tertiary/aromatic N) is 1. The van der Waals surface area contributed by atoms with Gasteiger partial charge in [0.1, 0.15) is 5.69 Å². The van der Waals surface area contributed by atoms with Crippen molar-refractivity contribution < 1.29 is 13.9 Å². The van der Waals surface area contributed by atoms with Crippen molar-refractivity contribution in [2.75, 3.05) is 7.11 Å². The van der Waals surface area contributed by atoms with Crippen LogP contribution < -0.4 is 10.5 Å². The third-order valence-corrected chi connectivity index (χ3v) is 2.29. The van der Waals surface area contributed by atoms with Gasteiger partial charge in [-0.1, -0.05) is 0 Å². The smallest absolute Gasteiger partial charge is 0.266 e. The molecule has 0 saturated carbocycles. The summed E-state index contributed by atoms with van der Waals surface area (Å²) in [4.78, 5) is 10.9. The van der Waals surface area contributed by atoms with E-state index >= 15 is 0 Å². The lowest BCUT2D eigenvalue weighted by molar-refractivity contribution is 0.0995. The molecule has 0 atom stereocenters. The Labute approximate surface area is 96.4 Å². The largest absolute Gasteiger partial charge is 0.494 e. The van der Waals surface area contributed by atoms with Crippen LogP contribution >= 0.6 is 0 Å². The molecule has 1 aromatic carbocycles. The average Bonchev–Trinajstić information content (AvgIpc) is 2.78. The van der Waals surface area contributed by atoms with Crippen LogP contribution in [0.1, 0.15) is 10.5 Å². The molecule has 0 bridgehead atoms. The Kier molecular flexibility index (Phi) is 2.78. The van der Waals surface area contributed by atoms with Crippen molar-refractivity contribution in [1.82, 2.24) is 10.2 Å². The van der Waals surface area contributed by atoms with E-state index in [0.29, 0.717) is 11.3 Å². The zero-order chi connectivity index (χ0) is 12.4. The van der Waals surface area contributed by atoms with Gasteiger partial charge in [0.25, 0.3) is 5.91 Å². The highest BCUT2D eigenvalue weighted by molar-refractivity contribution is 5.91. The third-order valence-electron chi connectivity index (χ3n) is 2.29. The summed E-state index contributed by atoms with van der Waals surface area (Å²) in [5, 5.41) is 6.34. The van der Waals surface area contributed by atoms with Crippen molar-refractivity contribution >= 4 is 5.91 Å². The number of rotatable bonds is 3. The minimum Gasteiger partial charge on any atom is -0.494 e. The Bertz CT molecular complexity index is 566. The number of hydrogen-bond donors (Lipinski definition) is 2. The summed E-state index contributed by atoms with van der Waals surface area (Å²) in [5.74, 6) is -0.953. The van der Waals surface area contributed by atoms with Crippen LogP contribution in [0.2, 0.25) is 0 Å². The fourth-order valence-corrected chi connectivity index (χ4v) is 1.42. The van der Waals surface area contributed by atoms with E-state index in [1.54, 1.807) is 6.07 Å². The number of carbonyl (C=O) groups is 1. The van der Waals surface area contributed by atoms with Gasteiger partial charge in [0.15, 0.2) is 11.6 Å². The van der Waals surface area contributed by atoms with Crippen LogP contribution in [-0.2, 0) is 0 Å². The predicted molar refractivity (Wildman–Crippen MR) is 59.1 cm³/mol. The number of nitrogens with one attached hydrogen (secondary N) is 1. The number of methoxy groups -OCH3 is 1. The van der Waals surface area contributed by atoms with Crippen molar-refractivity contribution in [3.63, 3.8) is 0 Å². The fraction of sp³-hybridized carbons (Fsp3) is 0.0909. The molecular weight excluding hydrogens is 225 g/mol. The molecule has 0 unspecified atom stereocenters. The molecule has 0 aliphatic heterocycles. The first-order valence-electron chi connectivity index (χ1n) is 4.81. The zero-order valence-corrected chi connectivity index (χ0v) is 9.03. The molecule has 6 heteroatoms. The van der Waals surface area contributed by atoms with Gasteiger partial charge in [-0.2, -0.15) is 5.10 Å². The average molecular weight is 235 g/mol. The minimum atomic E-state index is -0.613. The molecule has 5 nitrogen and oxygen atoms in total. The Morgan fingerprint density at radius 1 is 1.47 bits per heavy atom. The molecule has 2 aromatic rings. The molecule has 2 rings (SSSR count). The molecule has 17 heavy (non-hydrogen) atoms. The lowest BCUT2D eigenvalue weighted by Gasteiger charge is -2.02. The maximum absolute atomic E-state index is 13.4. The molecule has 88 valence electrons. The Morgan fingerprint density at radius 3 is 2.76 bits per heavy atom. The minimum absolute atomic E-state index is 0.152. The monoisotopic (exact) mass is 235 g/mol. The second-order valence-corrected chi connectivity index (χ2v) is 3.38. The number of nitrogens with two attached hydrogens (primary N) is 1. The van der Waals surface area contributed by atoms with E-state index in [1.165, 1.54) is 25.3 Å². The third kappa shape index (κ3) is 2.10. The summed E-state index contributed by atoms with van der Waals surface area (Å²) in [6, 6.07) is 5.87. The number of hydrogen-bond acceptors (Lipinski definition) is 3. The maximum atomic E-state index is 13.4. The Balaban J connectivity index is 2.39. The van der Waals surface area contributed by atoms with Crippen LogP contribution in [0.4, 0.5) is 4.39 Å². The lowest BCUT2D eigenvalue weighted by atomic mass is 10.1. The number of aromatic amines is 1. The maximum Gasteiger partial charge on any atom is 0.266 e. The first-order valence-corrected chi connectivity index (χ1v) is 4.81. The number of ether oxygens (including phenoxy) is 1. The van der Waals surface area contributed by atoms with Crippen molar-refractivity contribution in [1.29, 1.82) is 0 Å². The van der Waals surface area contributed by atoms with Crippen LogP contribution in [0.3, 0.4) is 0 Å². The van der Waals surface area contributed by atoms with Crippen LogP contribution in [0.5, 0.6) is 5.75 Å². The van der Waals surface area contributed by atoms with Crippen LogP contribution in [0.15, 0.2) is 24.3 Å². The molecular formula is C11H10FN3O2. The molecule has 3 N–H and O–H groups in total. The predicted octanol–water partition coefficient (Wildman–Crippen LogP) is 1.32. The molecule has 0 saturated heterocycles. The van der Waals surface area contributed by atoms with E-state index in [9.17, 15) is 9.18 Å². The number of H-pyrrole nitrogens is 1. The molecule has 0 aliphatic carbocycles. The standard InChI is InChI=1S/C11H10FN3O2/c1-17-10-3-2-6(4-7(10)12)8-5-9(11(13)16)15-14-8/h2-5H,1H3,(H2,13,16)(H,14,15).